The van der Waals surface area contributed by atoms with Crippen LogP contribution in [0.5, 0.6) is 5.75 Å². The maximum atomic E-state index is 11.9. The molecule has 0 amide bonds. The standard InChI is InChI=1S/C23H30N4O3S/c1-30-22(29)17-6-7-21(28)20(15-17)25-23(24-16-19-5-4-14-31-19)27-12-8-18(9-13-27)26-10-2-3-11-26/h4-7,14-15,18,28H,2-3,8-13,16H2,1H3,(H,24,25). The van der Waals surface area contributed by atoms with Crippen LogP contribution in [0.4, 0.5) is 5.69 Å². The molecule has 2 aliphatic heterocycles. The third-order valence-corrected chi connectivity index (χ3v) is 6.91. The smallest absolute Gasteiger partial charge is 0.337 e. The van der Waals surface area contributed by atoms with Crippen LogP contribution in [0, 0.1) is 0 Å². The highest BCUT2D eigenvalue weighted by Crippen LogP contribution is 2.27. The number of phenolic OH excluding ortho intramolecular Hbond substituents is 1. The van der Waals surface area contributed by atoms with Crippen LogP contribution in [-0.4, -0.2) is 66.2 Å². The second-order valence-electron chi connectivity index (χ2n) is 8.03. The van der Waals surface area contributed by atoms with Gasteiger partial charge in [-0.15, -0.1) is 11.3 Å². The molecule has 1 aromatic carbocycles. The average molecular weight is 443 g/mol. The Morgan fingerprint density at radius 3 is 2.68 bits per heavy atom. The molecule has 31 heavy (non-hydrogen) atoms. The SMILES string of the molecule is COC(=O)c1ccc(O)c(NC(=NCc2cccs2)N2CCC(N3CCCC3)CC2)c1. The van der Waals surface area contributed by atoms with Crippen LogP contribution >= 0.6 is 11.3 Å². The number of hydrogen-bond donors (Lipinski definition) is 2. The first-order chi connectivity index (χ1) is 15.1. The number of aliphatic imine (C=N–C) groups is 1. The molecular weight excluding hydrogens is 412 g/mol. The summed E-state index contributed by atoms with van der Waals surface area (Å²) in [5.74, 6) is 0.362. The predicted molar refractivity (Wildman–Crippen MR) is 124 cm³/mol. The number of anilines is 1. The van der Waals surface area contributed by atoms with E-state index < -0.39 is 5.97 Å². The largest absolute Gasteiger partial charge is 0.506 e. The minimum Gasteiger partial charge on any atom is -0.506 e. The molecule has 0 saturated carbocycles. The van der Waals surface area contributed by atoms with Gasteiger partial charge in [0.1, 0.15) is 5.75 Å². The van der Waals surface area contributed by atoms with Gasteiger partial charge in [0.15, 0.2) is 5.96 Å². The van der Waals surface area contributed by atoms with Crippen LogP contribution in [0.25, 0.3) is 0 Å². The summed E-state index contributed by atoms with van der Waals surface area (Å²) in [6.07, 6.45) is 4.83. The number of esters is 1. The first-order valence-electron chi connectivity index (χ1n) is 10.9. The van der Waals surface area contributed by atoms with E-state index in [4.69, 9.17) is 9.73 Å². The Morgan fingerprint density at radius 1 is 1.23 bits per heavy atom. The minimum absolute atomic E-state index is 0.0726. The number of ether oxygens (including phenoxy) is 1. The summed E-state index contributed by atoms with van der Waals surface area (Å²) in [5.41, 5.74) is 0.836. The number of rotatable bonds is 5. The molecule has 2 aromatic rings. The van der Waals surface area contributed by atoms with Crippen molar-refractivity contribution in [3.8, 4) is 5.75 Å². The van der Waals surface area contributed by atoms with E-state index >= 15 is 0 Å². The van der Waals surface area contributed by atoms with Crippen molar-refractivity contribution in [3.63, 3.8) is 0 Å². The number of aromatic hydroxyl groups is 1. The van der Waals surface area contributed by atoms with Crippen molar-refractivity contribution in [1.82, 2.24) is 9.80 Å². The quantitative estimate of drug-likeness (QED) is 0.318. The highest BCUT2D eigenvalue weighted by Gasteiger charge is 2.28. The Morgan fingerprint density at radius 2 is 2.00 bits per heavy atom. The molecule has 3 heterocycles. The molecule has 8 heteroatoms. The number of hydrogen-bond acceptors (Lipinski definition) is 6. The van der Waals surface area contributed by atoms with E-state index in [0.29, 0.717) is 23.8 Å². The lowest BCUT2D eigenvalue weighted by molar-refractivity contribution is 0.0601. The summed E-state index contributed by atoms with van der Waals surface area (Å²) in [7, 11) is 1.35. The molecule has 0 radical (unpaired) electrons. The zero-order valence-electron chi connectivity index (χ0n) is 17.9. The number of piperidine rings is 1. The van der Waals surface area contributed by atoms with Gasteiger partial charge in [-0.1, -0.05) is 6.07 Å². The van der Waals surface area contributed by atoms with Crippen molar-refractivity contribution in [2.24, 2.45) is 4.99 Å². The van der Waals surface area contributed by atoms with Gasteiger partial charge in [-0.25, -0.2) is 9.79 Å². The Kier molecular flexibility index (Phi) is 7.09. The molecular formula is C23H30N4O3S. The topological polar surface area (TPSA) is 77.4 Å². The van der Waals surface area contributed by atoms with Crippen LogP contribution in [-0.2, 0) is 11.3 Å². The summed E-state index contributed by atoms with van der Waals surface area (Å²) in [6.45, 7) is 4.83. The maximum absolute atomic E-state index is 11.9. The van der Waals surface area contributed by atoms with Crippen LogP contribution in [0.2, 0.25) is 0 Å². The third-order valence-electron chi connectivity index (χ3n) is 6.05. The van der Waals surface area contributed by atoms with Gasteiger partial charge >= 0.3 is 5.97 Å². The number of nitrogens with zero attached hydrogens (tertiary/aromatic N) is 3. The molecule has 0 aliphatic carbocycles. The second kappa shape index (κ2) is 10.2. The Hall–Kier alpha value is -2.58. The molecule has 2 N–H and O–H groups in total. The lowest BCUT2D eigenvalue weighted by atomic mass is 10.0. The van der Waals surface area contributed by atoms with Crippen molar-refractivity contribution in [2.75, 3.05) is 38.6 Å². The van der Waals surface area contributed by atoms with Crippen molar-refractivity contribution in [1.29, 1.82) is 0 Å². The number of benzene rings is 1. The van der Waals surface area contributed by atoms with E-state index in [0.717, 1.165) is 31.9 Å². The molecule has 0 atom stereocenters. The normalized spacial score (nSPS) is 18.4. The first-order valence-corrected chi connectivity index (χ1v) is 11.8. The van der Waals surface area contributed by atoms with E-state index in [-0.39, 0.29) is 5.75 Å². The number of nitrogens with one attached hydrogen (secondary N) is 1. The molecule has 7 nitrogen and oxygen atoms in total. The summed E-state index contributed by atoms with van der Waals surface area (Å²) >= 11 is 1.68. The van der Waals surface area contributed by atoms with E-state index in [1.54, 1.807) is 23.5 Å². The predicted octanol–water partition coefficient (Wildman–Crippen LogP) is 3.77. The van der Waals surface area contributed by atoms with Crippen LogP contribution in [0.1, 0.15) is 40.9 Å². The monoisotopic (exact) mass is 442 g/mol. The van der Waals surface area contributed by atoms with Crippen molar-refractivity contribution < 1.29 is 14.6 Å². The number of guanidine groups is 1. The fourth-order valence-electron chi connectivity index (χ4n) is 4.32. The van der Waals surface area contributed by atoms with Crippen LogP contribution in [0.15, 0.2) is 40.7 Å². The van der Waals surface area contributed by atoms with Gasteiger partial charge in [0.05, 0.1) is 24.9 Å². The zero-order valence-corrected chi connectivity index (χ0v) is 18.7. The molecule has 2 saturated heterocycles. The molecule has 0 unspecified atom stereocenters. The number of carbonyl (C=O) groups excluding carboxylic acids is 1. The Labute approximate surface area is 187 Å². The van der Waals surface area contributed by atoms with Gasteiger partial charge in [0.2, 0.25) is 0 Å². The molecule has 0 spiro atoms. The summed E-state index contributed by atoms with van der Waals surface area (Å²) in [6, 6.07) is 9.41. The van der Waals surface area contributed by atoms with E-state index in [9.17, 15) is 9.90 Å². The highest BCUT2D eigenvalue weighted by molar-refractivity contribution is 7.09. The fraction of sp³-hybridized carbons (Fsp3) is 0.478. The molecule has 166 valence electrons. The molecule has 4 rings (SSSR count). The van der Waals surface area contributed by atoms with Gasteiger partial charge in [-0.3, -0.25) is 0 Å². The zero-order chi connectivity index (χ0) is 21.6. The lowest BCUT2D eigenvalue weighted by Gasteiger charge is -2.38. The Bertz CT molecular complexity index is 902. The molecule has 2 aliphatic rings. The minimum atomic E-state index is -0.438. The van der Waals surface area contributed by atoms with Crippen molar-refractivity contribution >= 4 is 29.0 Å². The average Bonchev–Trinajstić information content (AvgIpc) is 3.52. The number of thiophene rings is 1. The van der Waals surface area contributed by atoms with E-state index in [1.165, 1.54) is 44.0 Å². The van der Waals surface area contributed by atoms with Gasteiger partial charge in [0.25, 0.3) is 0 Å². The van der Waals surface area contributed by atoms with E-state index in [1.807, 2.05) is 11.4 Å². The van der Waals surface area contributed by atoms with Crippen molar-refractivity contribution in [3.05, 3.63) is 46.2 Å². The van der Waals surface area contributed by atoms with Crippen LogP contribution < -0.4 is 5.32 Å². The summed E-state index contributed by atoms with van der Waals surface area (Å²) < 4.78 is 4.82. The number of methoxy groups -OCH3 is 1. The summed E-state index contributed by atoms with van der Waals surface area (Å²) in [4.78, 5) is 22.8. The van der Waals surface area contributed by atoms with Crippen molar-refractivity contribution in [2.45, 2.75) is 38.3 Å². The van der Waals surface area contributed by atoms with E-state index in [2.05, 4.69) is 21.2 Å². The third kappa shape index (κ3) is 5.37. The van der Waals surface area contributed by atoms with Gasteiger partial charge < -0.3 is 25.0 Å². The Balaban J connectivity index is 1.51. The summed E-state index contributed by atoms with van der Waals surface area (Å²) in [5, 5.41) is 15.7. The van der Waals surface area contributed by atoms with Gasteiger partial charge in [-0.05, 0) is 68.4 Å². The lowest BCUT2D eigenvalue weighted by Crippen LogP contribution is -2.47. The first kappa shape index (κ1) is 21.6. The molecule has 2 fully saturated rings. The van der Waals surface area contributed by atoms with Gasteiger partial charge in [0, 0.05) is 24.0 Å². The number of likely N-dealkylation sites (tertiary alicyclic amines) is 2. The highest BCUT2D eigenvalue weighted by atomic mass is 32.1. The number of carbonyl (C=O) groups is 1. The van der Waals surface area contributed by atoms with Crippen LogP contribution in [0.3, 0.4) is 0 Å². The molecule has 1 aromatic heterocycles. The maximum Gasteiger partial charge on any atom is 0.337 e. The second-order valence-corrected chi connectivity index (χ2v) is 9.06. The molecule has 0 bridgehead atoms. The fourth-order valence-corrected chi connectivity index (χ4v) is 4.95. The number of phenols is 1. The van der Waals surface area contributed by atoms with Gasteiger partial charge in [-0.2, -0.15) is 0 Å².